The van der Waals surface area contributed by atoms with Crippen LogP contribution in [0.15, 0.2) is 30.7 Å². The summed E-state index contributed by atoms with van der Waals surface area (Å²) < 4.78 is 1.60. The third-order valence-corrected chi connectivity index (χ3v) is 2.63. The topological polar surface area (TPSA) is 97.1 Å². The highest BCUT2D eigenvalue weighted by Gasteiger charge is 2.08. The van der Waals surface area contributed by atoms with Crippen LogP contribution in [-0.2, 0) is 6.54 Å². The lowest BCUT2D eigenvalue weighted by Crippen LogP contribution is -2.27. The summed E-state index contributed by atoms with van der Waals surface area (Å²) in [5.41, 5.74) is 1.12. The zero-order chi connectivity index (χ0) is 14.5. The molecule has 0 aliphatic carbocycles. The Balaban J connectivity index is 1.86. The van der Waals surface area contributed by atoms with E-state index in [0.717, 1.165) is 5.69 Å². The minimum Gasteiger partial charge on any atom is -0.476 e. The molecule has 20 heavy (non-hydrogen) atoms. The number of carbonyl (C=O) groups is 2. The standard InChI is InChI=1S/C13H14N4O3/c1-9-3-2-4-10(16-9)12(18)14-5-6-17-7-11(13(19)20)15-8-17/h2-4,7-8H,5-6H2,1H3,(H,14,18)(H,19,20). The molecule has 2 heterocycles. The van der Waals surface area contributed by atoms with Gasteiger partial charge in [0.05, 0.1) is 6.33 Å². The molecule has 0 aliphatic rings. The number of rotatable bonds is 5. The molecule has 0 atom stereocenters. The molecule has 0 saturated heterocycles. The predicted molar refractivity (Wildman–Crippen MR) is 70.5 cm³/mol. The van der Waals surface area contributed by atoms with Gasteiger partial charge < -0.3 is 15.0 Å². The van der Waals surface area contributed by atoms with Crippen molar-refractivity contribution in [2.75, 3.05) is 6.54 Å². The highest BCUT2D eigenvalue weighted by molar-refractivity contribution is 5.92. The van der Waals surface area contributed by atoms with E-state index in [2.05, 4.69) is 15.3 Å². The molecule has 0 radical (unpaired) electrons. The van der Waals surface area contributed by atoms with Gasteiger partial charge >= 0.3 is 5.97 Å². The van der Waals surface area contributed by atoms with E-state index in [9.17, 15) is 9.59 Å². The fourth-order valence-corrected chi connectivity index (χ4v) is 1.65. The molecule has 7 nitrogen and oxygen atoms in total. The van der Waals surface area contributed by atoms with Crippen LogP contribution in [-0.4, -0.2) is 38.1 Å². The van der Waals surface area contributed by atoms with Crippen LogP contribution in [0, 0.1) is 6.92 Å². The minimum absolute atomic E-state index is 0.0170. The summed E-state index contributed by atoms with van der Waals surface area (Å²) in [7, 11) is 0. The first-order valence-electron chi connectivity index (χ1n) is 6.03. The van der Waals surface area contributed by atoms with Gasteiger partial charge in [-0.05, 0) is 19.1 Å². The number of carboxylic acid groups (broad SMARTS) is 1. The van der Waals surface area contributed by atoms with E-state index in [1.807, 2.05) is 13.0 Å². The van der Waals surface area contributed by atoms with E-state index < -0.39 is 5.97 Å². The molecule has 104 valence electrons. The fourth-order valence-electron chi connectivity index (χ4n) is 1.65. The number of carboxylic acids is 1. The maximum atomic E-state index is 11.8. The molecule has 0 saturated carbocycles. The fraction of sp³-hybridized carbons (Fsp3) is 0.231. The van der Waals surface area contributed by atoms with Crippen molar-refractivity contribution in [3.63, 3.8) is 0 Å². The Morgan fingerprint density at radius 2 is 2.15 bits per heavy atom. The predicted octanol–water partition coefficient (Wildman–Crippen LogP) is 0.715. The summed E-state index contributed by atoms with van der Waals surface area (Å²) in [6.45, 7) is 2.62. The number of amides is 1. The van der Waals surface area contributed by atoms with Gasteiger partial charge in [-0.3, -0.25) is 4.79 Å². The second-order valence-electron chi connectivity index (χ2n) is 4.22. The van der Waals surface area contributed by atoms with Gasteiger partial charge in [-0.1, -0.05) is 6.07 Å². The van der Waals surface area contributed by atoms with Gasteiger partial charge in [-0.15, -0.1) is 0 Å². The molecular formula is C13H14N4O3. The van der Waals surface area contributed by atoms with Crippen molar-refractivity contribution in [2.24, 2.45) is 0 Å². The number of nitrogens with zero attached hydrogens (tertiary/aromatic N) is 3. The molecule has 0 bridgehead atoms. The van der Waals surface area contributed by atoms with Crippen LogP contribution in [0.25, 0.3) is 0 Å². The maximum absolute atomic E-state index is 11.8. The Kier molecular flexibility index (Phi) is 4.09. The van der Waals surface area contributed by atoms with Crippen molar-refractivity contribution in [1.82, 2.24) is 19.9 Å². The number of imidazole rings is 1. The second kappa shape index (κ2) is 5.96. The Morgan fingerprint density at radius 1 is 1.35 bits per heavy atom. The van der Waals surface area contributed by atoms with Crippen molar-refractivity contribution in [3.8, 4) is 0 Å². The monoisotopic (exact) mass is 274 g/mol. The van der Waals surface area contributed by atoms with Gasteiger partial charge in [0.15, 0.2) is 5.69 Å². The number of aromatic nitrogens is 3. The Labute approximate surface area is 115 Å². The molecule has 0 aliphatic heterocycles. The minimum atomic E-state index is -1.07. The van der Waals surface area contributed by atoms with Gasteiger partial charge in [0, 0.05) is 25.0 Å². The average molecular weight is 274 g/mol. The van der Waals surface area contributed by atoms with E-state index in [1.54, 1.807) is 16.7 Å². The summed E-state index contributed by atoms with van der Waals surface area (Å²) in [6, 6.07) is 5.23. The summed E-state index contributed by atoms with van der Waals surface area (Å²) in [6.07, 6.45) is 2.83. The summed E-state index contributed by atoms with van der Waals surface area (Å²) in [5.74, 6) is -1.33. The molecule has 0 unspecified atom stereocenters. The normalized spacial score (nSPS) is 10.2. The van der Waals surface area contributed by atoms with Gasteiger partial charge in [0.1, 0.15) is 5.69 Å². The maximum Gasteiger partial charge on any atom is 0.356 e. The molecule has 2 aromatic heterocycles. The zero-order valence-corrected chi connectivity index (χ0v) is 10.9. The lowest BCUT2D eigenvalue weighted by Gasteiger charge is -2.05. The van der Waals surface area contributed by atoms with Crippen LogP contribution in [0.2, 0.25) is 0 Å². The van der Waals surface area contributed by atoms with Crippen LogP contribution in [0.4, 0.5) is 0 Å². The lowest BCUT2D eigenvalue weighted by molar-refractivity contribution is 0.0690. The van der Waals surface area contributed by atoms with E-state index in [-0.39, 0.29) is 11.6 Å². The number of nitrogens with one attached hydrogen (secondary N) is 1. The Bertz CT molecular complexity index is 636. The van der Waals surface area contributed by atoms with Crippen LogP contribution in [0.1, 0.15) is 26.7 Å². The molecule has 7 heteroatoms. The lowest BCUT2D eigenvalue weighted by atomic mass is 10.3. The number of hydrogen-bond acceptors (Lipinski definition) is 4. The highest BCUT2D eigenvalue weighted by atomic mass is 16.4. The number of aromatic carboxylic acids is 1. The number of aryl methyl sites for hydroxylation is 1. The Morgan fingerprint density at radius 3 is 2.80 bits per heavy atom. The van der Waals surface area contributed by atoms with Crippen molar-refractivity contribution >= 4 is 11.9 Å². The van der Waals surface area contributed by atoms with Crippen LogP contribution >= 0.6 is 0 Å². The second-order valence-corrected chi connectivity index (χ2v) is 4.22. The van der Waals surface area contributed by atoms with Gasteiger partial charge in [-0.25, -0.2) is 14.8 Å². The van der Waals surface area contributed by atoms with E-state index in [4.69, 9.17) is 5.11 Å². The summed E-state index contributed by atoms with van der Waals surface area (Å²) in [4.78, 5) is 30.3. The van der Waals surface area contributed by atoms with Gasteiger partial charge in [0.2, 0.25) is 0 Å². The van der Waals surface area contributed by atoms with Crippen LogP contribution < -0.4 is 5.32 Å². The van der Waals surface area contributed by atoms with E-state index in [0.29, 0.717) is 18.8 Å². The SMILES string of the molecule is Cc1cccc(C(=O)NCCn2cnc(C(=O)O)c2)n1. The molecular weight excluding hydrogens is 260 g/mol. The molecule has 2 N–H and O–H groups in total. The van der Waals surface area contributed by atoms with Crippen molar-refractivity contribution < 1.29 is 14.7 Å². The van der Waals surface area contributed by atoms with E-state index in [1.165, 1.54) is 12.5 Å². The molecule has 0 spiro atoms. The van der Waals surface area contributed by atoms with Gasteiger partial charge in [0.25, 0.3) is 5.91 Å². The molecule has 2 rings (SSSR count). The Hall–Kier alpha value is -2.70. The van der Waals surface area contributed by atoms with Gasteiger partial charge in [-0.2, -0.15) is 0 Å². The van der Waals surface area contributed by atoms with Crippen molar-refractivity contribution in [3.05, 3.63) is 47.8 Å². The summed E-state index contributed by atoms with van der Waals surface area (Å²) >= 11 is 0. The average Bonchev–Trinajstić information content (AvgIpc) is 2.87. The van der Waals surface area contributed by atoms with Crippen molar-refractivity contribution in [1.29, 1.82) is 0 Å². The van der Waals surface area contributed by atoms with Crippen molar-refractivity contribution in [2.45, 2.75) is 13.5 Å². The third kappa shape index (κ3) is 3.41. The van der Waals surface area contributed by atoms with Crippen LogP contribution in [0.3, 0.4) is 0 Å². The molecule has 1 amide bonds. The highest BCUT2D eigenvalue weighted by Crippen LogP contribution is 1.98. The number of carbonyl (C=O) groups excluding carboxylic acids is 1. The summed E-state index contributed by atoms with van der Waals surface area (Å²) in [5, 5.41) is 11.4. The molecule has 2 aromatic rings. The molecule has 0 aromatic carbocycles. The third-order valence-electron chi connectivity index (χ3n) is 2.63. The van der Waals surface area contributed by atoms with Crippen LogP contribution in [0.5, 0.6) is 0 Å². The quantitative estimate of drug-likeness (QED) is 0.837. The number of hydrogen-bond donors (Lipinski definition) is 2. The first kappa shape index (κ1) is 13.7. The smallest absolute Gasteiger partial charge is 0.356 e. The number of pyridine rings is 1. The van der Waals surface area contributed by atoms with E-state index >= 15 is 0 Å². The largest absolute Gasteiger partial charge is 0.476 e. The first-order valence-corrected chi connectivity index (χ1v) is 6.03. The molecule has 0 fully saturated rings. The first-order chi connectivity index (χ1) is 9.56. The zero-order valence-electron chi connectivity index (χ0n) is 10.9.